The highest BCUT2D eigenvalue weighted by molar-refractivity contribution is 5.96. The molecule has 0 atom stereocenters. The van der Waals surface area contributed by atoms with Gasteiger partial charge in [0.05, 0.1) is 12.2 Å². The van der Waals surface area contributed by atoms with Crippen LogP contribution in [-0.2, 0) is 6.42 Å². The first-order chi connectivity index (χ1) is 19.6. The summed E-state index contributed by atoms with van der Waals surface area (Å²) in [7, 11) is 0. The van der Waals surface area contributed by atoms with Crippen LogP contribution in [0.25, 0.3) is 11.1 Å². The highest BCUT2D eigenvalue weighted by Gasteiger charge is 2.20. The molecule has 2 aromatic rings. The molecule has 0 aromatic heterocycles. The number of aromatic carboxylic acids is 1. The Kier molecular flexibility index (Phi) is 15.3. The van der Waals surface area contributed by atoms with Crippen molar-refractivity contribution in [2.75, 3.05) is 6.61 Å². The third-order valence-corrected chi connectivity index (χ3v) is 9.03. The van der Waals surface area contributed by atoms with E-state index in [1.165, 1.54) is 115 Å². The van der Waals surface area contributed by atoms with Gasteiger partial charge in [0.2, 0.25) is 0 Å². The number of ether oxygens (including phenoxy) is 1. The summed E-state index contributed by atoms with van der Waals surface area (Å²) < 4.78 is 6.03. The van der Waals surface area contributed by atoms with Gasteiger partial charge in [-0.2, -0.15) is 0 Å². The summed E-state index contributed by atoms with van der Waals surface area (Å²) >= 11 is 0. The molecule has 0 spiro atoms. The van der Waals surface area contributed by atoms with E-state index in [0.29, 0.717) is 12.2 Å². The Bertz CT molecular complexity index is 956. The summed E-state index contributed by atoms with van der Waals surface area (Å²) in [4.78, 5) is 12.0. The van der Waals surface area contributed by atoms with E-state index in [2.05, 4.69) is 38.1 Å². The molecule has 1 aliphatic rings. The van der Waals surface area contributed by atoms with Crippen molar-refractivity contribution in [1.29, 1.82) is 0 Å². The molecule has 3 heteroatoms. The Hall–Kier alpha value is -2.29. The van der Waals surface area contributed by atoms with E-state index >= 15 is 0 Å². The van der Waals surface area contributed by atoms with Gasteiger partial charge in [-0.3, -0.25) is 0 Å². The number of carboxylic acids is 1. The molecule has 0 amide bonds. The van der Waals surface area contributed by atoms with Gasteiger partial charge < -0.3 is 9.84 Å². The van der Waals surface area contributed by atoms with Gasteiger partial charge in [0.1, 0.15) is 5.75 Å². The Morgan fingerprint density at radius 3 is 1.93 bits per heavy atom. The lowest BCUT2D eigenvalue weighted by Gasteiger charge is -2.28. The predicted octanol–water partition coefficient (Wildman–Crippen LogP) is 11.3. The van der Waals surface area contributed by atoms with Crippen LogP contribution in [0.2, 0.25) is 0 Å². The molecule has 0 heterocycles. The second kappa shape index (κ2) is 18.9. The van der Waals surface area contributed by atoms with Crippen LogP contribution in [0.4, 0.5) is 0 Å². The van der Waals surface area contributed by atoms with Crippen LogP contribution in [0.5, 0.6) is 5.75 Å². The van der Waals surface area contributed by atoms with Gasteiger partial charge in [-0.25, -0.2) is 4.79 Å². The lowest BCUT2D eigenvalue weighted by atomic mass is 9.78. The molecule has 3 nitrogen and oxygen atoms in total. The van der Waals surface area contributed by atoms with E-state index in [1.54, 1.807) is 12.1 Å². The number of aryl methyl sites for hydroxylation is 1. The van der Waals surface area contributed by atoms with Crippen molar-refractivity contribution in [2.24, 2.45) is 11.8 Å². The largest absolute Gasteiger partial charge is 0.494 e. The zero-order valence-corrected chi connectivity index (χ0v) is 25.6. The summed E-state index contributed by atoms with van der Waals surface area (Å²) in [6, 6.07) is 14.0. The minimum atomic E-state index is -0.894. The zero-order valence-electron chi connectivity index (χ0n) is 25.6. The smallest absolute Gasteiger partial charge is 0.336 e. The van der Waals surface area contributed by atoms with Crippen LogP contribution in [0.15, 0.2) is 42.5 Å². The molecule has 0 aliphatic heterocycles. The van der Waals surface area contributed by atoms with Gasteiger partial charge >= 0.3 is 5.97 Å². The quantitative estimate of drug-likeness (QED) is 0.167. The Balaban J connectivity index is 1.44. The predicted molar refractivity (Wildman–Crippen MR) is 169 cm³/mol. The highest BCUT2D eigenvalue weighted by atomic mass is 16.5. The van der Waals surface area contributed by atoms with Crippen molar-refractivity contribution in [2.45, 2.75) is 136 Å². The standard InChI is InChI=1S/C37H56O3/c1-3-5-7-8-9-10-11-12-14-28-40-34-26-27-35(37(38)39)36(29-34)33-24-22-32(23-25-33)21-20-31-18-16-30(17-19-31)15-13-6-4-2/h22-27,29-31H,3-21,28H2,1-2H3,(H,38,39). The molecule has 1 fully saturated rings. The van der Waals surface area contributed by atoms with Crippen molar-refractivity contribution in [1.82, 2.24) is 0 Å². The molecule has 0 bridgehead atoms. The molecule has 3 rings (SSSR count). The molecule has 0 radical (unpaired) electrons. The first-order valence-electron chi connectivity index (χ1n) is 16.7. The van der Waals surface area contributed by atoms with Crippen LogP contribution in [0.3, 0.4) is 0 Å². The van der Waals surface area contributed by atoms with Crippen molar-refractivity contribution in [3.8, 4) is 16.9 Å². The molecule has 1 aliphatic carbocycles. The van der Waals surface area contributed by atoms with Crippen molar-refractivity contribution >= 4 is 5.97 Å². The van der Waals surface area contributed by atoms with Crippen molar-refractivity contribution in [3.63, 3.8) is 0 Å². The van der Waals surface area contributed by atoms with Crippen LogP contribution in [0, 0.1) is 11.8 Å². The normalized spacial score (nSPS) is 17.1. The second-order valence-corrected chi connectivity index (χ2v) is 12.3. The van der Waals surface area contributed by atoms with E-state index in [4.69, 9.17) is 4.74 Å². The molecule has 1 saturated carbocycles. The molecule has 1 N–H and O–H groups in total. The molecule has 222 valence electrons. The Morgan fingerprint density at radius 1 is 0.725 bits per heavy atom. The van der Waals surface area contributed by atoms with Gasteiger partial charge in [0.15, 0.2) is 0 Å². The Morgan fingerprint density at radius 2 is 1.30 bits per heavy atom. The molecular formula is C37H56O3. The third-order valence-electron chi connectivity index (χ3n) is 9.03. The first kappa shape index (κ1) is 32.2. The lowest BCUT2D eigenvalue weighted by Crippen LogP contribution is -2.15. The van der Waals surface area contributed by atoms with E-state index in [-0.39, 0.29) is 0 Å². The number of carboxylic acid groups (broad SMARTS) is 1. The topological polar surface area (TPSA) is 46.5 Å². The van der Waals surface area contributed by atoms with E-state index in [1.807, 2.05) is 6.07 Å². The molecule has 0 unspecified atom stereocenters. The fraction of sp³-hybridized carbons (Fsp3) is 0.649. The van der Waals surface area contributed by atoms with Crippen molar-refractivity contribution in [3.05, 3.63) is 53.6 Å². The van der Waals surface area contributed by atoms with E-state index in [0.717, 1.165) is 41.6 Å². The van der Waals surface area contributed by atoms with Gasteiger partial charge in [-0.05, 0) is 66.0 Å². The summed E-state index contributed by atoms with van der Waals surface area (Å²) in [5.41, 5.74) is 3.37. The average molecular weight is 549 g/mol. The minimum absolute atomic E-state index is 0.332. The molecule has 2 aromatic carbocycles. The zero-order chi connectivity index (χ0) is 28.4. The monoisotopic (exact) mass is 548 g/mol. The number of hydrogen-bond acceptors (Lipinski definition) is 2. The molecular weight excluding hydrogens is 492 g/mol. The lowest BCUT2D eigenvalue weighted by molar-refractivity contribution is 0.0697. The summed E-state index contributed by atoms with van der Waals surface area (Å²) in [6.45, 7) is 5.23. The Labute approximate surface area is 245 Å². The fourth-order valence-electron chi connectivity index (χ4n) is 6.35. The first-order valence-corrected chi connectivity index (χ1v) is 16.7. The maximum atomic E-state index is 12.0. The SMILES string of the molecule is CCCCCCCCCCCOc1ccc(C(=O)O)c(-c2ccc(CCC3CCC(CCCCC)CC3)cc2)c1. The highest BCUT2D eigenvalue weighted by Crippen LogP contribution is 2.35. The summed E-state index contributed by atoms with van der Waals surface area (Å²) in [5.74, 6) is 1.69. The van der Waals surface area contributed by atoms with Gasteiger partial charge in [0.25, 0.3) is 0 Å². The fourth-order valence-corrected chi connectivity index (χ4v) is 6.35. The number of carbonyl (C=O) groups is 1. The van der Waals surface area contributed by atoms with Crippen LogP contribution in [-0.4, -0.2) is 17.7 Å². The van der Waals surface area contributed by atoms with Crippen LogP contribution >= 0.6 is 0 Å². The van der Waals surface area contributed by atoms with Gasteiger partial charge in [-0.15, -0.1) is 0 Å². The molecule has 0 saturated heterocycles. The summed E-state index contributed by atoms with van der Waals surface area (Å²) in [5, 5.41) is 9.80. The average Bonchev–Trinajstić information content (AvgIpc) is 2.98. The van der Waals surface area contributed by atoms with Crippen LogP contribution < -0.4 is 4.74 Å². The van der Waals surface area contributed by atoms with E-state index in [9.17, 15) is 9.90 Å². The number of benzene rings is 2. The van der Waals surface area contributed by atoms with Crippen LogP contribution in [0.1, 0.15) is 145 Å². The third kappa shape index (κ3) is 11.7. The second-order valence-electron chi connectivity index (χ2n) is 12.3. The maximum absolute atomic E-state index is 12.0. The molecule has 40 heavy (non-hydrogen) atoms. The van der Waals surface area contributed by atoms with Gasteiger partial charge in [-0.1, -0.05) is 141 Å². The van der Waals surface area contributed by atoms with Gasteiger partial charge in [0, 0.05) is 0 Å². The van der Waals surface area contributed by atoms with E-state index < -0.39 is 5.97 Å². The number of unbranched alkanes of at least 4 members (excludes halogenated alkanes) is 10. The maximum Gasteiger partial charge on any atom is 0.336 e. The minimum Gasteiger partial charge on any atom is -0.494 e. The summed E-state index contributed by atoms with van der Waals surface area (Å²) in [6.07, 6.45) is 25.1. The number of hydrogen-bond donors (Lipinski definition) is 1. The van der Waals surface area contributed by atoms with Crippen molar-refractivity contribution < 1.29 is 14.6 Å². The number of rotatable bonds is 20.